The summed E-state index contributed by atoms with van der Waals surface area (Å²) in [6.07, 6.45) is 0.735. The summed E-state index contributed by atoms with van der Waals surface area (Å²) in [6, 6.07) is 0. The Hall–Kier alpha value is -1.39. The quantitative estimate of drug-likeness (QED) is 0.856. The summed E-state index contributed by atoms with van der Waals surface area (Å²) in [5, 5.41) is 16.3. The lowest BCUT2D eigenvalue weighted by Gasteiger charge is -2.06. The van der Waals surface area contributed by atoms with Gasteiger partial charge in [-0.3, -0.25) is 4.57 Å². The molecule has 2 heterocycles. The van der Waals surface area contributed by atoms with Crippen LogP contribution >= 0.6 is 11.5 Å². The van der Waals surface area contributed by atoms with Gasteiger partial charge in [-0.2, -0.15) is 0 Å². The third-order valence-corrected chi connectivity index (χ3v) is 3.91. The predicted octanol–water partition coefficient (Wildman–Crippen LogP) is 0.162. The fraction of sp³-hybridized carbons (Fsp3) is 0.500. The largest absolute Gasteiger partial charge is 0.296 e. The predicted molar refractivity (Wildman–Crippen MR) is 65.3 cm³/mol. The van der Waals surface area contributed by atoms with Crippen molar-refractivity contribution >= 4 is 21.6 Å². The molecule has 0 aliphatic carbocycles. The molecule has 0 aromatic carbocycles. The number of hydrogen-bond donors (Lipinski definition) is 1. The number of primary sulfonamides is 1. The topological polar surface area (TPSA) is 117 Å². The fourth-order valence-corrected chi connectivity index (χ4v) is 2.82. The van der Waals surface area contributed by atoms with Gasteiger partial charge in [-0.25, -0.2) is 13.6 Å². The Bertz CT molecular complexity index is 659. The monoisotopic (exact) mass is 288 g/mol. The van der Waals surface area contributed by atoms with Crippen molar-refractivity contribution in [2.45, 2.75) is 32.0 Å². The average Bonchev–Trinajstić information content (AvgIpc) is 2.84. The second-order valence-electron chi connectivity index (χ2n) is 3.69. The van der Waals surface area contributed by atoms with Gasteiger partial charge in [0.25, 0.3) is 15.2 Å². The van der Waals surface area contributed by atoms with Crippen molar-refractivity contribution < 1.29 is 8.42 Å². The van der Waals surface area contributed by atoms with Crippen LogP contribution in [0.2, 0.25) is 0 Å². The van der Waals surface area contributed by atoms with Gasteiger partial charge in [0.15, 0.2) is 5.82 Å². The van der Waals surface area contributed by atoms with Crippen molar-refractivity contribution in [1.29, 1.82) is 0 Å². The van der Waals surface area contributed by atoms with Crippen LogP contribution in [0.4, 0.5) is 0 Å². The first-order valence-corrected chi connectivity index (χ1v) is 7.52. The molecule has 2 N–H and O–H groups in total. The molecule has 0 spiro atoms. The highest BCUT2D eigenvalue weighted by Crippen LogP contribution is 2.25. The second-order valence-corrected chi connectivity index (χ2v) is 5.90. The van der Waals surface area contributed by atoms with E-state index in [9.17, 15) is 8.42 Å². The van der Waals surface area contributed by atoms with Crippen LogP contribution < -0.4 is 5.14 Å². The van der Waals surface area contributed by atoms with E-state index >= 15 is 0 Å². The summed E-state index contributed by atoms with van der Waals surface area (Å²) in [7, 11) is -3.89. The molecule has 0 radical (unpaired) electrons. The molecular formula is C8H12N6O2S2. The van der Waals surface area contributed by atoms with E-state index in [1.807, 2.05) is 6.92 Å². The summed E-state index contributed by atoms with van der Waals surface area (Å²) in [6.45, 7) is 4.17. The molecule has 18 heavy (non-hydrogen) atoms. The minimum Gasteiger partial charge on any atom is -0.296 e. The van der Waals surface area contributed by atoms with E-state index in [1.54, 1.807) is 6.92 Å². The maximum atomic E-state index is 11.4. The maximum absolute atomic E-state index is 11.4. The zero-order valence-electron chi connectivity index (χ0n) is 9.86. The molecule has 0 atom stereocenters. The highest BCUT2D eigenvalue weighted by molar-refractivity contribution is 7.89. The lowest BCUT2D eigenvalue weighted by molar-refractivity contribution is 0.559. The van der Waals surface area contributed by atoms with Gasteiger partial charge in [0, 0.05) is 6.54 Å². The minimum atomic E-state index is -3.89. The number of nitrogens with two attached hydrogens (primary N) is 1. The van der Waals surface area contributed by atoms with Crippen molar-refractivity contribution in [2.75, 3.05) is 0 Å². The smallest absolute Gasteiger partial charge is 0.273 e. The molecule has 0 aliphatic heterocycles. The normalized spacial score (nSPS) is 11.9. The Kier molecular flexibility index (Phi) is 3.41. The van der Waals surface area contributed by atoms with Gasteiger partial charge in [-0.1, -0.05) is 11.4 Å². The lowest BCUT2D eigenvalue weighted by Crippen LogP contribution is -2.19. The molecule has 0 amide bonds. The van der Waals surface area contributed by atoms with E-state index in [2.05, 4.69) is 19.8 Å². The SMILES string of the molecule is CCCn1c(-c2snnc2C)nnc1S(N)(=O)=O. The number of nitrogens with zero attached hydrogens (tertiary/aromatic N) is 5. The van der Waals surface area contributed by atoms with Gasteiger partial charge in [-0.15, -0.1) is 15.3 Å². The van der Waals surface area contributed by atoms with Crippen LogP contribution in [0.15, 0.2) is 5.16 Å². The molecule has 0 unspecified atom stereocenters. The van der Waals surface area contributed by atoms with Gasteiger partial charge < -0.3 is 0 Å². The van der Waals surface area contributed by atoms with Gasteiger partial charge in [0.1, 0.15) is 4.88 Å². The first-order chi connectivity index (χ1) is 8.45. The van der Waals surface area contributed by atoms with Crippen LogP contribution in [0.5, 0.6) is 0 Å². The number of aromatic nitrogens is 5. The minimum absolute atomic E-state index is 0.229. The molecule has 0 saturated carbocycles. The fourth-order valence-electron chi connectivity index (χ4n) is 1.53. The summed E-state index contributed by atoms with van der Waals surface area (Å²) >= 11 is 1.15. The van der Waals surface area contributed by atoms with Gasteiger partial charge in [0.2, 0.25) is 0 Å². The summed E-state index contributed by atoms with van der Waals surface area (Å²) < 4.78 is 28.1. The molecule has 10 heteroatoms. The Balaban J connectivity index is 2.63. The van der Waals surface area contributed by atoms with E-state index in [0.29, 0.717) is 22.9 Å². The van der Waals surface area contributed by atoms with Crippen molar-refractivity contribution in [1.82, 2.24) is 24.4 Å². The van der Waals surface area contributed by atoms with E-state index < -0.39 is 10.0 Å². The zero-order chi connectivity index (χ0) is 13.3. The Morgan fingerprint density at radius 3 is 2.56 bits per heavy atom. The molecule has 0 fully saturated rings. The van der Waals surface area contributed by atoms with Crippen molar-refractivity contribution in [3.63, 3.8) is 0 Å². The number of aryl methyl sites for hydroxylation is 1. The highest BCUT2D eigenvalue weighted by Gasteiger charge is 2.23. The second kappa shape index (κ2) is 4.71. The van der Waals surface area contributed by atoms with Crippen LogP contribution in [-0.2, 0) is 16.6 Å². The molecule has 2 rings (SSSR count). The molecule has 8 nitrogen and oxygen atoms in total. The van der Waals surface area contributed by atoms with Crippen LogP contribution in [0.3, 0.4) is 0 Å². The summed E-state index contributed by atoms with van der Waals surface area (Å²) in [5.41, 5.74) is 0.686. The molecule has 0 bridgehead atoms. The Morgan fingerprint density at radius 2 is 2.06 bits per heavy atom. The van der Waals surface area contributed by atoms with Crippen molar-refractivity contribution in [3.8, 4) is 10.7 Å². The molecule has 0 aliphatic rings. The first kappa shape index (κ1) is 13.1. The van der Waals surface area contributed by atoms with Crippen molar-refractivity contribution in [2.24, 2.45) is 5.14 Å². The summed E-state index contributed by atoms with van der Waals surface area (Å²) in [4.78, 5) is 0.700. The zero-order valence-corrected chi connectivity index (χ0v) is 11.5. The summed E-state index contributed by atoms with van der Waals surface area (Å²) in [5.74, 6) is 0.438. The number of rotatable bonds is 4. The standard InChI is InChI=1S/C8H12N6O2S2/c1-3-4-14-7(6-5(2)10-13-17-6)11-12-8(14)18(9,15)16/h3-4H2,1-2H3,(H2,9,15,16). The first-order valence-electron chi connectivity index (χ1n) is 5.20. The van der Waals surface area contributed by atoms with Crippen LogP contribution in [0.1, 0.15) is 19.0 Å². The molecule has 0 saturated heterocycles. The van der Waals surface area contributed by atoms with E-state index in [1.165, 1.54) is 4.57 Å². The Morgan fingerprint density at radius 1 is 1.33 bits per heavy atom. The Labute approximate surface area is 108 Å². The van der Waals surface area contributed by atoms with E-state index in [4.69, 9.17) is 5.14 Å². The lowest BCUT2D eigenvalue weighted by atomic mass is 10.3. The van der Waals surface area contributed by atoms with Gasteiger partial charge in [0.05, 0.1) is 5.69 Å². The maximum Gasteiger partial charge on any atom is 0.273 e. The molecule has 98 valence electrons. The molecule has 2 aromatic rings. The van der Waals surface area contributed by atoms with Gasteiger partial charge in [-0.05, 0) is 24.9 Å². The third-order valence-electron chi connectivity index (χ3n) is 2.27. The molecule has 2 aromatic heterocycles. The van der Waals surface area contributed by atoms with Crippen LogP contribution in [-0.4, -0.2) is 32.8 Å². The third kappa shape index (κ3) is 2.26. The van der Waals surface area contributed by atoms with Crippen molar-refractivity contribution in [3.05, 3.63) is 5.69 Å². The number of hydrogen-bond acceptors (Lipinski definition) is 7. The molecular weight excluding hydrogens is 276 g/mol. The van der Waals surface area contributed by atoms with E-state index in [-0.39, 0.29) is 5.16 Å². The highest BCUT2D eigenvalue weighted by atomic mass is 32.2. The van der Waals surface area contributed by atoms with Crippen LogP contribution in [0, 0.1) is 6.92 Å². The number of sulfonamides is 1. The van der Waals surface area contributed by atoms with Gasteiger partial charge >= 0.3 is 0 Å². The van der Waals surface area contributed by atoms with E-state index in [0.717, 1.165) is 18.0 Å². The van der Waals surface area contributed by atoms with Crippen LogP contribution in [0.25, 0.3) is 10.7 Å². The average molecular weight is 288 g/mol.